The predicted molar refractivity (Wildman–Crippen MR) is 322 cm³/mol. The molecule has 1 aliphatic heterocycles. The van der Waals surface area contributed by atoms with E-state index in [1.807, 2.05) is 55.4 Å². The molecule has 0 radical (unpaired) electrons. The van der Waals surface area contributed by atoms with E-state index in [1.54, 1.807) is 0 Å². The Morgan fingerprint density at radius 3 is 1.67 bits per heavy atom. The average molecular weight is 1180 g/mol. The lowest BCUT2D eigenvalue weighted by Gasteiger charge is -2.42. The van der Waals surface area contributed by atoms with Gasteiger partial charge in [0.2, 0.25) is 0 Å². The van der Waals surface area contributed by atoms with Crippen molar-refractivity contribution in [1.29, 1.82) is 0 Å². The maximum absolute atomic E-state index is 12.6. The lowest BCUT2D eigenvalue weighted by Crippen LogP contribution is -2.45. The van der Waals surface area contributed by atoms with Crippen molar-refractivity contribution in [3.8, 4) is 0 Å². The fourth-order valence-electron chi connectivity index (χ4n) is 20.5. The van der Waals surface area contributed by atoms with Crippen molar-refractivity contribution in [2.24, 2.45) is 124 Å². The Bertz CT molecular complexity index is 2650. The number of aliphatic hydroxyl groups is 3. The van der Waals surface area contributed by atoms with Crippen LogP contribution in [0.5, 0.6) is 0 Å². The lowest BCUT2D eigenvalue weighted by atomic mass is 9.65. The van der Waals surface area contributed by atoms with Gasteiger partial charge in [-0.15, -0.1) is 0 Å². The van der Waals surface area contributed by atoms with Crippen molar-refractivity contribution in [2.75, 3.05) is 19.8 Å². The molecular weight excluding hydrogens is 1070 g/mol. The largest absolute Gasteiger partial charge is 0.465 e. The van der Waals surface area contributed by atoms with E-state index in [9.17, 15) is 34.2 Å². The highest BCUT2D eigenvalue weighted by molar-refractivity contribution is 5.80. The maximum atomic E-state index is 12.6. The Balaban J connectivity index is 0.000000114. The van der Waals surface area contributed by atoms with E-state index in [0.29, 0.717) is 65.8 Å². The first-order chi connectivity index (χ1) is 40.1. The quantitative estimate of drug-likeness (QED) is 0.0724. The molecule has 14 bridgehead atoms. The smallest absolute Gasteiger partial charge is 0.312 e. The summed E-state index contributed by atoms with van der Waals surface area (Å²) < 4.78 is 26.9. The third-order valence-electron chi connectivity index (χ3n) is 24.0. The number of aliphatic hydroxyl groups excluding tert-OH is 1. The van der Waals surface area contributed by atoms with Crippen molar-refractivity contribution in [3.05, 3.63) is 60.8 Å². The minimum Gasteiger partial charge on any atom is -0.465 e. The van der Waals surface area contributed by atoms with Crippen molar-refractivity contribution in [3.63, 3.8) is 0 Å². The number of rotatable bonds is 12. The van der Waals surface area contributed by atoms with Gasteiger partial charge in [-0.1, -0.05) is 67.7 Å². The van der Waals surface area contributed by atoms with Gasteiger partial charge < -0.3 is 39.0 Å². The van der Waals surface area contributed by atoms with Gasteiger partial charge in [-0.3, -0.25) is 24.0 Å². The molecule has 15 aliphatic rings. The monoisotopic (exact) mass is 1180 g/mol. The molecule has 13 heteroatoms. The second-order valence-electron chi connectivity index (χ2n) is 32.0. The second kappa shape index (κ2) is 24.0. The van der Waals surface area contributed by atoms with E-state index < -0.39 is 16.8 Å². The summed E-state index contributed by atoms with van der Waals surface area (Å²) in [7, 11) is 0. The number of cyclic esters (lactones) is 1. The molecule has 1 heterocycles. The molecular formula is C72H104O13. The van der Waals surface area contributed by atoms with Gasteiger partial charge >= 0.3 is 29.8 Å². The predicted octanol–water partition coefficient (Wildman–Crippen LogP) is 12.2. The van der Waals surface area contributed by atoms with Gasteiger partial charge in [-0.2, -0.15) is 0 Å². The fourth-order valence-corrected chi connectivity index (χ4v) is 20.5. The molecule has 0 aromatic rings. The summed E-state index contributed by atoms with van der Waals surface area (Å²) in [5, 5.41) is 30.5. The highest BCUT2D eigenvalue weighted by atomic mass is 16.6. The summed E-state index contributed by atoms with van der Waals surface area (Å²) in [4.78, 5) is 59.6. The maximum Gasteiger partial charge on any atom is 0.312 e. The fraction of sp³-hybridized carbons (Fsp3) is 0.792. The van der Waals surface area contributed by atoms with Gasteiger partial charge in [0.05, 0.1) is 54.5 Å². The molecule has 0 aromatic heterocycles. The Hall–Kier alpha value is -4.07. The first kappa shape index (κ1) is 62.5. The van der Waals surface area contributed by atoms with Gasteiger partial charge in [0.15, 0.2) is 0 Å². The van der Waals surface area contributed by atoms with Crippen LogP contribution in [0.15, 0.2) is 60.8 Å². The average Bonchev–Trinajstić information content (AvgIpc) is 1.75. The molecule has 9 saturated carbocycles. The lowest BCUT2D eigenvalue weighted by molar-refractivity contribution is -0.173. The highest BCUT2D eigenvalue weighted by Crippen LogP contribution is 2.69. The first-order valence-corrected chi connectivity index (χ1v) is 33.6. The van der Waals surface area contributed by atoms with Crippen LogP contribution in [0.1, 0.15) is 184 Å². The zero-order chi connectivity index (χ0) is 60.6. The van der Waals surface area contributed by atoms with Crippen LogP contribution in [-0.2, 0) is 47.7 Å². The van der Waals surface area contributed by atoms with E-state index in [-0.39, 0.29) is 96.2 Å². The molecule has 15 rings (SSSR count). The number of fused-ring (bicyclic) bond motifs is 20. The van der Waals surface area contributed by atoms with E-state index in [1.165, 1.54) is 38.5 Å². The standard InChI is InChI=1S/2C20H30O3.C12H18O2.C10H14O3.C10H12O2/c1-19(2,3)23-16(21)10-20(4,22)15-9-13-8-14(15)18-12-6-5-11(7-12)17(13)18;1-3-20(11-14-5-7-16(20)9-14)23-18(21)12-19(2,22)17-10-13-4-6-15(17)8-13;1-12(2,3)14-11(13)10-7-8-4-5-9(10)6-8;11-3-4-13-10(12)9-6-7-1-2-8(9)5-7;11-9-10(3-4-12-9)6-7-1-2-8(10)5-7/h5-6,11-15,17-18,22H,7-10H2,1-4H3;4,6,13-17,22H,3,5,7-12H2,1-2H3;4-5,8-10H,6-7H2,1-3H3;1-2,7-9,11H,3-6H2;1-2,7-8H,3-6H2. The summed E-state index contributed by atoms with van der Waals surface area (Å²) in [6, 6.07) is 0. The minimum atomic E-state index is -0.937. The van der Waals surface area contributed by atoms with Gasteiger partial charge in [-0.25, -0.2) is 0 Å². The van der Waals surface area contributed by atoms with E-state index in [4.69, 9.17) is 28.8 Å². The number of carbonyl (C=O) groups excluding carboxylic acids is 5. The molecule has 3 N–H and O–H groups in total. The number of hydrogen-bond acceptors (Lipinski definition) is 13. The zero-order valence-corrected chi connectivity index (χ0v) is 52.8. The molecule has 0 aromatic carbocycles. The minimum absolute atomic E-state index is 0.00523. The number of esters is 5. The van der Waals surface area contributed by atoms with Crippen molar-refractivity contribution in [2.45, 2.75) is 212 Å². The number of carbonyl (C=O) groups is 5. The van der Waals surface area contributed by atoms with Gasteiger partial charge in [0.1, 0.15) is 23.4 Å². The van der Waals surface area contributed by atoms with Crippen LogP contribution in [0.25, 0.3) is 0 Å². The van der Waals surface area contributed by atoms with Crippen LogP contribution in [0.4, 0.5) is 0 Å². The first-order valence-electron chi connectivity index (χ1n) is 33.6. The topological polar surface area (TPSA) is 192 Å². The third-order valence-corrected chi connectivity index (χ3v) is 24.0. The number of ether oxygens (including phenoxy) is 5. The van der Waals surface area contributed by atoms with Crippen LogP contribution >= 0.6 is 0 Å². The molecule has 1 spiro atoms. The van der Waals surface area contributed by atoms with Crippen LogP contribution in [0.2, 0.25) is 0 Å². The molecule has 1 saturated heterocycles. The molecule has 0 amide bonds. The van der Waals surface area contributed by atoms with E-state index >= 15 is 0 Å². The summed E-state index contributed by atoms with van der Waals surface area (Å²) in [5.41, 5.74) is -3.01. The van der Waals surface area contributed by atoms with Crippen LogP contribution in [-0.4, -0.2) is 93.0 Å². The SMILES string of the molecule is CC(C)(C)OC(=O)C1CC2C=CC1C2.CC(C)(C)OC(=O)CC(C)(O)C1CC2CC1C1C3C=CC(C3)C21.CCC1(OC(=O)CC(C)(O)C2CC3C=CC2C3)CC2CCC1C2.O=C(OCCO)C1CC2C=CC1C2.O=C1OCCC12CC1C=CC2C1. The molecule has 85 heavy (non-hydrogen) atoms. The Kier molecular flexibility index (Phi) is 17.7. The second-order valence-corrected chi connectivity index (χ2v) is 32.0. The van der Waals surface area contributed by atoms with Gasteiger partial charge in [-0.05, 0) is 271 Å². The molecule has 470 valence electrons. The van der Waals surface area contributed by atoms with Crippen molar-refractivity contribution in [1.82, 2.24) is 0 Å². The molecule has 24 atom stereocenters. The zero-order valence-electron chi connectivity index (χ0n) is 52.8. The van der Waals surface area contributed by atoms with Crippen LogP contribution in [0.3, 0.4) is 0 Å². The van der Waals surface area contributed by atoms with Crippen molar-refractivity contribution < 1.29 is 63.0 Å². The van der Waals surface area contributed by atoms with Gasteiger partial charge in [0.25, 0.3) is 0 Å². The van der Waals surface area contributed by atoms with Crippen molar-refractivity contribution >= 4 is 29.8 Å². The summed E-state index contributed by atoms with van der Waals surface area (Å²) >= 11 is 0. The molecule has 14 aliphatic carbocycles. The highest BCUT2D eigenvalue weighted by Gasteiger charge is 2.64. The Labute approximate surface area is 507 Å². The Morgan fingerprint density at radius 2 is 1.18 bits per heavy atom. The molecule has 13 nitrogen and oxygen atoms in total. The normalized spacial score (nSPS) is 43.1. The summed E-state index contributed by atoms with van der Waals surface area (Å²) in [5.74, 6) is 10.3. The number of allylic oxidation sites excluding steroid dienone is 10. The van der Waals surface area contributed by atoms with Crippen LogP contribution in [0, 0.1) is 124 Å². The Morgan fingerprint density at radius 1 is 0.588 bits per heavy atom. The van der Waals surface area contributed by atoms with Gasteiger partial charge in [0, 0.05) is 0 Å². The summed E-state index contributed by atoms with van der Waals surface area (Å²) in [6.07, 6.45) is 41.8. The molecule has 10 fully saturated rings. The third kappa shape index (κ3) is 13.0. The van der Waals surface area contributed by atoms with E-state index in [0.717, 1.165) is 106 Å². The number of hydrogen-bond donors (Lipinski definition) is 3. The van der Waals surface area contributed by atoms with Crippen LogP contribution < -0.4 is 0 Å². The summed E-state index contributed by atoms with van der Waals surface area (Å²) in [6.45, 7) is 18.0. The van der Waals surface area contributed by atoms with E-state index in [2.05, 4.69) is 67.7 Å². The molecule has 24 unspecified atom stereocenters.